The van der Waals surface area contributed by atoms with Crippen LogP contribution in [0.15, 0.2) is 18.2 Å². The number of urea groups is 1. The zero-order chi connectivity index (χ0) is 19.0. The number of hydrogen-bond acceptors (Lipinski definition) is 4. The summed E-state index contributed by atoms with van der Waals surface area (Å²) in [5.74, 6) is -0.253. The number of hydrogen-bond donors (Lipinski definition) is 2. The first-order chi connectivity index (χ1) is 11.8. The summed E-state index contributed by atoms with van der Waals surface area (Å²) < 4.78 is 11.1. The molecular formula is C18H28N2O5. The lowest BCUT2D eigenvalue weighted by atomic mass is 10.1. The fourth-order valence-corrected chi connectivity index (χ4v) is 2.29. The van der Waals surface area contributed by atoms with Gasteiger partial charge in [-0.25, -0.2) is 4.79 Å². The molecule has 25 heavy (non-hydrogen) atoms. The summed E-state index contributed by atoms with van der Waals surface area (Å²) in [7, 11) is 1.57. The molecule has 0 bridgehead atoms. The molecule has 2 unspecified atom stereocenters. The molecule has 0 saturated carbocycles. The SMILES string of the molecule is CCOc1ccc(C(C)NC(=O)N(C)CC(C)C(=O)O)cc1OCC. The van der Waals surface area contributed by atoms with Crippen LogP contribution in [0.25, 0.3) is 0 Å². The quantitative estimate of drug-likeness (QED) is 0.713. The third-order valence-electron chi connectivity index (χ3n) is 3.72. The first kappa shape index (κ1) is 20.6. The van der Waals surface area contributed by atoms with Gasteiger partial charge in [0.25, 0.3) is 0 Å². The number of nitrogens with zero attached hydrogens (tertiary/aromatic N) is 1. The van der Waals surface area contributed by atoms with Gasteiger partial charge in [0.2, 0.25) is 0 Å². The Morgan fingerprint density at radius 1 is 1.16 bits per heavy atom. The van der Waals surface area contributed by atoms with Crippen molar-refractivity contribution in [1.82, 2.24) is 10.2 Å². The highest BCUT2D eigenvalue weighted by atomic mass is 16.5. The Morgan fingerprint density at radius 3 is 2.32 bits per heavy atom. The van der Waals surface area contributed by atoms with Gasteiger partial charge in [-0.3, -0.25) is 4.79 Å². The first-order valence-corrected chi connectivity index (χ1v) is 8.44. The van der Waals surface area contributed by atoms with Crippen LogP contribution >= 0.6 is 0 Å². The summed E-state index contributed by atoms with van der Waals surface area (Å²) in [4.78, 5) is 24.5. The maximum absolute atomic E-state index is 12.2. The van der Waals surface area contributed by atoms with Crippen LogP contribution in [0.2, 0.25) is 0 Å². The van der Waals surface area contributed by atoms with E-state index in [9.17, 15) is 9.59 Å². The van der Waals surface area contributed by atoms with E-state index in [0.29, 0.717) is 24.7 Å². The van der Waals surface area contributed by atoms with E-state index in [1.807, 2.05) is 39.0 Å². The Bertz CT molecular complexity index is 591. The molecule has 0 aliphatic rings. The number of aliphatic carboxylic acids is 1. The van der Waals surface area contributed by atoms with Crippen LogP contribution < -0.4 is 14.8 Å². The second-order valence-corrected chi connectivity index (χ2v) is 5.86. The number of rotatable bonds is 9. The summed E-state index contributed by atoms with van der Waals surface area (Å²) in [5, 5.41) is 11.8. The van der Waals surface area contributed by atoms with Gasteiger partial charge in [-0.2, -0.15) is 0 Å². The van der Waals surface area contributed by atoms with E-state index >= 15 is 0 Å². The van der Waals surface area contributed by atoms with Crippen LogP contribution in [-0.2, 0) is 4.79 Å². The van der Waals surface area contributed by atoms with Crippen molar-refractivity contribution in [3.63, 3.8) is 0 Å². The third kappa shape index (κ3) is 6.17. The highest BCUT2D eigenvalue weighted by molar-refractivity contribution is 5.76. The number of nitrogens with one attached hydrogen (secondary N) is 1. The maximum Gasteiger partial charge on any atom is 0.317 e. The lowest BCUT2D eigenvalue weighted by molar-refractivity contribution is -0.141. The minimum atomic E-state index is -0.930. The monoisotopic (exact) mass is 352 g/mol. The van der Waals surface area contributed by atoms with Crippen LogP contribution in [-0.4, -0.2) is 48.8 Å². The molecule has 1 aromatic carbocycles. The molecule has 0 aliphatic carbocycles. The molecule has 0 aromatic heterocycles. The number of carboxylic acid groups (broad SMARTS) is 1. The highest BCUT2D eigenvalue weighted by Crippen LogP contribution is 2.30. The van der Waals surface area contributed by atoms with Gasteiger partial charge in [0.15, 0.2) is 11.5 Å². The maximum atomic E-state index is 12.2. The fourth-order valence-electron chi connectivity index (χ4n) is 2.29. The van der Waals surface area contributed by atoms with Gasteiger partial charge in [-0.1, -0.05) is 13.0 Å². The van der Waals surface area contributed by atoms with E-state index in [4.69, 9.17) is 14.6 Å². The van der Waals surface area contributed by atoms with E-state index < -0.39 is 11.9 Å². The lowest BCUT2D eigenvalue weighted by Gasteiger charge is -2.23. The molecule has 0 radical (unpaired) electrons. The minimum absolute atomic E-state index is 0.140. The number of carboxylic acids is 1. The van der Waals surface area contributed by atoms with Crippen LogP contribution in [0, 0.1) is 5.92 Å². The normalized spacial score (nSPS) is 12.8. The lowest BCUT2D eigenvalue weighted by Crippen LogP contribution is -2.41. The second kappa shape index (κ2) is 9.76. The standard InChI is InChI=1S/C18H28N2O5/c1-6-24-15-9-8-14(10-16(15)25-7-2)13(4)19-18(23)20(5)11-12(3)17(21)22/h8-10,12-13H,6-7,11H2,1-5H3,(H,19,23)(H,21,22). The van der Waals surface area contributed by atoms with Gasteiger partial charge in [0, 0.05) is 13.6 Å². The average Bonchev–Trinajstić information content (AvgIpc) is 2.56. The van der Waals surface area contributed by atoms with Crippen molar-refractivity contribution < 1.29 is 24.2 Å². The van der Waals surface area contributed by atoms with Gasteiger partial charge in [-0.05, 0) is 38.5 Å². The molecular weight excluding hydrogens is 324 g/mol. The van der Waals surface area contributed by atoms with Gasteiger partial charge < -0.3 is 24.8 Å². The zero-order valence-corrected chi connectivity index (χ0v) is 15.5. The van der Waals surface area contributed by atoms with Crippen molar-refractivity contribution in [2.24, 2.45) is 5.92 Å². The molecule has 7 nitrogen and oxygen atoms in total. The highest BCUT2D eigenvalue weighted by Gasteiger charge is 2.19. The van der Waals surface area contributed by atoms with Gasteiger partial charge in [-0.15, -0.1) is 0 Å². The van der Waals surface area contributed by atoms with Crippen molar-refractivity contribution in [3.05, 3.63) is 23.8 Å². The van der Waals surface area contributed by atoms with Crippen molar-refractivity contribution in [2.45, 2.75) is 33.7 Å². The van der Waals surface area contributed by atoms with Crippen LogP contribution in [0.4, 0.5) is 4.79 Å². The molecule has 1 aromatic rings. The topological polar surface area (TPSA) is 88.1 Å². The van der Waals surface area contributed by atoms with E-state index in [-0.39, 0.29) is 18.6 Å². The van der Waals surface area contributed by atoms with E-state index in [1.165, 1.54) is 4.90 Å². The summed E-state index contributed by atoms with van der Waals surface area (Å²) in [6.45, 7) is 8.42. The van der Waals surface area contributed by atoms with E-state index in [0.717, 1.165) is 5.56 Å². The fraction of sp³-hybridized carbons (Fsp3) is 0.556. The summed E-state index contributed by atoms with van der Waals surface area (Å²) in [6, 6.07) is 4.96. The predicted molar refractivity (Wildman–Crippen MR) is 95.2 cm³/mol. The Balaban J connectivity index is 2.78. The Hall–Kier alpha value is -2.44. The van der Waals surface area contributed by atoms with Gasteiger partial charge >= 0.3 is 12.0 Å². The van der Waals surface area contributed by atoms with E-state index in [1.54, 1.807) is 14.0 Å². The number of amides is 2. The zero-order valence-electron chi connectivity index (χ0n) is 15.5. The molecule has 2 amide bonds. The van der Waals surface area contributed by atoms with Crippen LogP contribution in [0.3, 0.4) is 0 Å². The van der Waals surface area contributed by atoms with Crippen molar-refractivity contribution in [2.75, 3.05) is 26.8 Å². The van der Waals surface area contributed by atoms with Crippen LogP contribution in [0.5, 0.6) is 11.5 Å². The van der Waals surface area contributed by atoms with Crippen molar-refractivity contribution in [1.29, 1.82) is 0 Å². The predicted octanol–water partition coefficient (Wildman–Crippen LogP) is 2.91. The Morgan fingerprint density at radius 2 is 1.76 bits per heavy atom. The van der Waals surface area contributed by atoms with E-state index in [2.05, 4.69) is 5.32 Å². The molecule has 2 N–H and O–H groups in total. The third-order valence-corrected chi connectivity index (χ3v) is 3.72. The first-order valence-electron chi connectivity index (χ1n) is 8.44. The number of ether oxygens (including phenoxy) is 2. The molecule has 0 fully saturated rings. The number of benzene rings is 1. The van der Waals surface area contributed by atoms with Gasteiger partial charge in [0.05, 0.1) is 25.2 Å². The average molecular weight is 352 g/mol. The molecule has 140 valence electrons. The summed E-state index contributed by atoms with van der Waals surface area (Å²) >= 11 is 0. The smallest absolute Gasteiger partial charge is 0.317 e. The summed E-state index contributed by atoms with van der Waals surface area (Å²) in [5.41, 5.74) is 0.875. The summed E-state index contributed by atoms with van der Waals surface area (Å²) in [6.07, 6.45) is 0. The molecule has 1 rings (SSSR count). The van der Waals surface area contributed by atoms with Crippen molar-refractivity contribution in [3.8, 4) is 11.5 Å². The van der Waals surface area contributed by atoms with Crippen LogP contribution in [0.1, 0.15) is 39.3 Å². The molecule has 2 atom stereocenters. The molecule has 0 saturated heterocycles. The minimum Gasteiger partial charge on any atom is -0.490 e. The molecule has 0 aliphatic heterocycles. The molecule has 0 spiro atoms. The Kier molecular flexibility index (Phi) is 8.04. The second-order valence-electron chi connectivity index (χ2n) is 5.86. The number of carbonyl (C=O) groups is 2. The largest absolute Gasteiger partial charge is 0.490 e. The molecule has 7 heteroatoms. The van der Waals surface area contributed by atoms with Crippen molar-refractivity contribution >= 4 is 12.0 Å². The van der Waals surface area contributed by atoms with Gasteiger partial charge in [0.1, 0.15) is 0 Å². The molecule has 0 heterocycles. The number of carbonyl (C=O) groups excluding carboxylic acids is 1. The Labute approximate surface area is 148 Å².